The molecular weight excluding hydrogens is 373 g/mol. The second kappa shape index (κ2) is 8.73. The highest BCUT2D eigenvalue weighted by Gasteiger charge is 2.11. The molecule has 4 nitrogen and oxygen atoms in total. The summed E-state index contributed by atoms with van der Waals surface area (Å²) >= 11 is 17.8. The number of carbonyl (C=O) groups is 2. The maximum atomic E-state index is 11.8. The molecule has 0 radical (unpaired) electrons. The van der Waals surface area contributed by atoms with Gasteiger partial charge in [-0.1, -0.05) is 59.1 Å². The van der Waals surface area contributed by atoms with Crippen LogP contribution in [-0.2, 0) is 14.3 Å². The molecule has 2 aromatic carbocycles. The van der Waals surface area contributed by atoms with Crippen LogP contribution in [0.3, 0.4) is 0 Å². The van der Waals surface area contributed by atoms with Crippen molar-refractivity contribution in [3.05, 3.63) is 69.2 Å². The van der Waals surface area contributed by atoms with Crippen molar-refractivity contribution in [2.75, 3.05) is 11.9 Å². The van der Waals surface area contributed by atoms with E-state index in [-0.39, 0.29) is 5.69 Å². The number of hydrogen-bond acceptors (Lipinski definition) is 3. The molecule has 0 aliphatic heterocycles. The molecule has 124 valence electrons. The van der Waals surface area contributed by atoms with Crippen molar-refractivity contribution in [3.8, 4) is 0 Å². The molecule has 1 amide bonds. The van der Waals surface area contributed by atoms with E-state index < -0.39 is 18.5 Å². The van der Waals surface area contributed by atoms with Crippen molar-refractivity contribution in [2.45, 2.75) is 0 Å². The summed E-state index contributed by atoms with van der Waals surface area (Å²) in [6, 6.07) is 11.8. The minimum atomic E-state index is -0.671. The first-order chi connectivity index (χ1) is 11.5. The standard InChI is InChI=1S/C17H12Cl3NO3/c18-12-5-2-1-4-11(12)8-9-16(23)24-10-15(22)21-17-13(19)6-3-7-14(17)20/h1-9H,10H2,(H,21,22). The van der Waals surface area contributed by atoms with Crippen LogP contribution < -0.4 is 5.32 Å². The Labute approximate surface area is 154 Å². The van der Waals surface area contributed by atoms with E-state index in [1.807, 2.05) is 0 Å². The van der Waals surface area contributed by atoms with Gasteiger partial charge in [0.25, 0.3) is 5.91 Å². The third kappa shape index (κ3) is 5.27. The maximum Gasteiger partial charge on any atom is 0.331 e. The summed E-state index contributed by atoms with van der Waals surface area (Å²) in [6.45, 7) is -0.465. The van der Waals surface area contributed by atoms with E-state index in [0.717, 1.165) is 0 Å². The van der Waals surface area contributed by atoms with Gasteiger partial charge in [-0.05, 0) is 29.8 Å². The van der Waals surface area contributed by atoms with Crippen molar-refractivity contribution in [1.29, 1.82) is 0 Å². The topological polar surface area (TPSA) is 55.4 Å². The van der Waals surface area contributed by atoms with E-state index in [1.165, 1.54) is 12.2 Å². The zero-order chi connectivity index (χ0) is 17.5. The molecule has 0 unspecified atom stereocenters. The van der Waals surface area contributed by atoms with E-state index >= 15 is 0 Å². The first kappa shape index (κ1) is 18.3. The molecule has 0 heterocycles. The van der Waals surface area contributed by atoms with E-state index in [0.29, 0.717) is 20.6 Å². The summed E-state index contributed by atoms with van der Waals surface area (Å²) < 4.78 is 4.85. The third-order valence-corrected chi connectivity index (χ3v) is 3.85. The molecule has 0 bridgehead atoms. The van der Waals surface area contributed by atoms with Crippen molar-refractivity contribution in [1.82, 2.24) is 0 Å². The van der Waals surface area contributed by atoms with Gasteiger partial charge in [-0.3, -0.25) is 4.79 Å². The molecule has 0 spiro atoms. The molecule has 24 heavy (non-hydrogen) atoms. The summed E-state index contributed by atoms with van der Waals surface area (Å²) in [5.74, 6) is -1.22. The van der Waals surface area contributed by atoms with Crippen molar-refractivity contribution in [3.63, 3.8) is 0 Å². The van der Waals surface area contributed by atoms with Gasteiger partial charge in [0.1, 0.15) is 0 Å². The molecule has 0 saturated heterocycles. The lowest BCUT2D eigenvalue weighted by atomic mass is 10.2. The average molecular weight is 385 g/mol. The van der Waals surface area contributed by atoms with Crippen molar-refractivity contribution in [2.24, 2.45) is 0 Å². The summed E-state index contributed by atoms with van der Waals surface area (Å²) in [5, 5.41) is 3.58. The van der Waals surface area contributed by atoms with E-state index in [2.05, 4.69) is 5.32 Å². The Morgan fingerprint density at radius 1 is 0.958 bits per heavy atom. The molecule has 2 rings (SSSR count). The number of ether oxygens (including phenoxy) is 1. The Morgan fingerprint density at radius 2 is 1.58 bits per heavy atom. The number of carbonyl (C=O) groups excluding carboxylic acids is 2. The molecule has 1 N–H and O–H groups in total. The van der Waals surface area contributed by atoms with Crippen LogP contribution in [-0.4, -0.2) is 18.5 Å². The number of amides is 1. The lowest BCUT2D eigenvalue weighted by molar-refractivity contribution is -0.142. The largest absolute Gasteiger partial charge is 0.452 e. The number of esters is 1. The molecule has 0 aliphatic carbocycles. The Balaban J connectivity index is 1.88. The smallest absolute Gasteiger partial charge is 0.331 e. The second-order valence-corrected chi connectivity index (χ2v) is 5.83. The minimum absolute atomic E-state index is 0.272. The second-order valence-electron chi connectivity index (χ2n) is 4.61. The molecule has 0 aromatic heterocycles. The van der Waals surface area contributed by atoms with Crippen LogP contribution in [0.2, 0.25) is 15.1 Å². The normalized spacial score (nSPS) is 10.6. The van der Waals surface area contributed by atoms with Crippen LogP contribution in [0.25, 0.3) is 6.08 Å². The number of rotatable bonds is 5. The van der Waals surface area contributed by atoms with Gasteiger partial charge >= 0.3 is 5.97 Å². The monoisotopic (exact) mass is 383 g/mol. The van der Waals surface area contributed by atoms with Gasteiger partial charge in [-0.25, -0.2) is 4.79 Å². The zero-order valence-corrected chi connectivity index (χ0v) is 14.5. The van der Waals surface area contributed by atoms with Gasteiger partial charge in [0.15, 0.2) is 6.61 Å². The number of benzene rings is 2. The SMILES string of the molecule is O=C(COC(=O)C=Cc1ccccc1Cl)Nc1c(Cl)cccc1Cl. The summed E-state index contributed by atoms with van der Waals surface area (Å²) in [5.41, 5.74) is 0.942. The third-order valence-electron chi connectivity index (χ3n) is 2.88. The lowest BCUT2D eigenvalue weighted by Crippen LogP contribution is -2.20. The minimum Gasteiger partial charge on any atom is -0.452 e. The summed E-state index contributed by atoms with van der Waals surface area (Å²) in [6.07, 6.45) is 2.70. The fourth-order valence-corrected chi connectivity index (χ4v) is 2.44. The molecule has 0 saturated carbocycles. The fraction of sp³-hybridized carbons (Fsp3) is 0.0588. The van der Waals surface area contributed by atoms with Crippen LogP contribution in [0.1, 0.15) is 5.56 Å². The first-order valence-corrected chi connectivity index (χ1v) is 7.94. The predicted molar refractivity (Wildman–Crippen MR) is 96.5 cm³/mol. The van der Waals surface area contributed by atoms with Gasteiger partial charge in [0.05, 0.1) is 15.7 Å². The van der Waals surface area contributed by atoms with E-state index in [9.17, 15) is 9.59 Å². The van der Waals surface area contributed by atoms with Crippen LogP contribution >= 0.6 is 34.8 Å². The molecular formula is C17H12Cl3NO3. The highest BCUT2D eigenvalue weighted by molar-refractivity contribution is 6.39. The van der Waals surface area contributed by atoms with E-state index in [4.69, 9.17) is 39.5 Å². The highest BCUT2D eigenvalue weighted by Crippen LogP contribution is 2.29. The quantitative estimate of drug-likeness (QED) is 0.592. The highest BCUT2D eigenvalue weighted by atomic mass is 35.5. The summed E-state index contributed by atoms with van der Waals surface area (Å²) in [7, 11) is 0. The number of halogens is 3. The van der Waals surface area contributed by atoms with Gasteiger partial charge in [0, 0.05) is 11.1 Å². The van der Waals surface area contributed by atoms with Crippen LogP contribution in [0.5, 0.6) is 0 Å². The van der Waals surface area contributed by atoms with Gasteiger partial charge in [-0.15, -0.1) is 0 Å². The van der Waals surface area contributed by atoms with Gasteiger partial charge in [0.2, 0.25) is 0 Å². The van der Waals surface area contributed by atoms with Gasteiger partial charge in [-0.2, -0.15) is 0 Å². The lowest BCUT2D eigenvalue weighted by Gasteiger charge is -2.08. The van der Waals surface area contributed by atoms with Gasteiger partial charge < -0.3 is 10.1 Å². The Morgan fingerprint density at radius 3 is 2.25 bits per heavy atom. The summed E-state index contributed by atoms with van der Waals surface area (Å²) in [4.78, 5) is 23.4. The Hall–Kier alpha value is -2.01. The van der Waals surface area contributed by atoms with Crippen LogP contribution in [0.4, 0.5) is 5.69 Å². The molecule has 0 atom stereocenters. The number of nitrogens with one attached hydrogen (secondary N) is 1. The molecule has 0 aliphatic rings. The number of para-hydroxylation sites is 1. The van der Waals surface area contributed by atoms with Crippen molar-refractivity contribution >= 4 is 58.4 Å². The zero-order valence-electron chi connectivity index (χ0n) is 12.3. The van der Waals surface area contributed by atoms with E-state index in [1.54, 1.807) is 42.5 Å². The molecule has 0 fully saturated rings. The van der Waals surface area contributed by atoms with Crippen molar-refractivity contribution < 1.29 is 14.3 Å². The Bertz CT molecular complexity index is 770. The average Bonchev–Trinajstić information content (AvgIpc) is 2.56. The first-order valence-electron chi connectivity index (χ1n) is 6.80. The number of hydrogen-bond donors (Lipinski definition) is 1. The molecule has 2 aromatic rings. The molecule has 7 heteroatoms. The van der Waals surface area contributed by atoms with Crippen LogP contribution in [0, 0.1) is 0 Å². The predicted octanol–water partition coefficient (Wildman–Crippen LogP) is 4.84. The maximum absolute atomic E-state index is 11.8. The Kier molecular flexibility index (Phi) is 6.67. The number of anilines is 1. The fourth-order valence-electron chi connectivity index (χ4n) is 1.75. The van der Waals surface area contributed by atoms with Crippen LogP contribution in [0.15, 0.2) is 48.5 Å².